The summed E-state index contributed by atoms with van der Waals surface area (Å²) in [5, 5.41) is 21.4. The first-order chi connectivity index (χ1) is 21.1. The monoisotopic (exact) mass is 684 g/mol. The molecule has 4 heterocycles. The van der Waals surface area contributed by atoms with E-state index in [1.165, 1.54) is 6.42 Å². The summed E-state index contributed by atoms with van der Waals surface area (Å²) in [6.07, 6.45) is -5.70. The van der Waals surface area contributed by atoms with E-state index in [2.05, 4.69) is 26.5 Å². The Morgan fingerprint density at radius 1 is 0.870 bits per heavy atom. The molecule has 0 aromatic carbocycles. The second-order valence-electron chi connectivity index (χ2n) is 9.40. The second kappa shape index (κ2) is 17.6. The van der Waals surface area contributed by atoms with Crippen LogP contribution in [0.3, 0.4) is 0 Å². The SMILES string of the molecule is Cn1ccnc1CN1CC[C@@H]2O[C@@H](COCc3ccccn3)CC[C@@H]21.O=C(O)C(F)(F)F.O=C(O)C(F)(F)F.O=C(O)C(F)(F)F. The molecule has 0 bridgehead atoms. The summed E-state index contributed by atoms with van der Waals surface area (Å²) < 4.78 is 109. The van der Waals surface area contributed by atoms with Crippen LogP contribution in [-0.2, 0) is 44.1 Å². The number of hydrogen-bond acceptors (Lipinski definition) is 8. The second-order valence-corrected chi connectivity index (χ2v) is 9.40. The summed E-state index contributed by atoms with van der Waals surface area (Å²) in [6, 6.07) is 6.42. The van der Waals surface area contributed by atoms with Crippen molar-refractivity contribution in [3.63, 3.8) is 0 Å². The topological polar surface area (TPSA) is 164 Å². The minimum Gasteiger partial charge on any atom is -0.475 e. The molecule has 0 spiro atoms. The van der Waals surface area contributed by atoms with Crippen molar-refractivity contribution in [2.75, 3.05) is 13.2 Å². The first-order valence-corrected chi connectivity index (χ1v) is 12.9. The lowest BCUT2D eigenvalue weighted by atomic mass is 9.99. The molecule has 12 nitrogen and oxygen atoms in total. The van der Waals surface area contributed by atoms with Crippen molar-refractivity contribution in [1.82, 2.24) is 19.4 Å². The van der Waals surface area contributed by atoms with Crippen molar-refractivity contribution >= 4 is 17.9 Å². The van der Waals surface area contributed by atoms with E-state index in [1.807, 2.05) is 30.6 Å². The van der Waals surface area contributed by atoms with Gasteiger partial charge in [-0.25, -0.2) is 19.4 Å². The fourth-order valence-electron chi connectivity index (χ4n) is 3.91. The van der Waals surface area contributed by atoms with E-state index >= 15 is 0 Å². The third-order valence-electron chi connectivity index (χ3n) is 6.02. The van der Waals surface area contributed by atoms with Gasteiger partial charge in [0.25, 0.3) is 0 Å². The van der Waals surface area contributed by atoms with Gasteiger partial charge in [-0.15, -0.1) is 0 Å². The van der Waals surface area contributed by atoms with E-state index in [0.717, 1.165) is 37.4 Å². The van der Waals surface area contributed by atoms with Crippen LogP contribution in [0.15, 0.2) is 36.8 Å². The van der Waals surface area contributed by atoms with E-state index in [-0.39, 0.29) is 6.10 Å². The number of alkyl halides is 9. The molecule has 2 aromatic rings. The Kier molecular flexibility index (Phi) is 15.4. The first-order valence-electron chi connectivity index (χ1n) is 12.9. The Labute approximate surface area is 254 Å². The molecule has 0 unspecified atom stereocenters. The lowest BCUT2D eigenvalue weighted by molar-refractivity contribution is -0.193. The highest BCUT2D eigenvalue weighted by Crippen LogP contribution is 2.32. The summed E-state index contributed by atoms with van der Waals surface area (Å²) >= 11 is 0. The number of ether oxygens (including phenoxy) is 2. The maximum atomic E-state index is 10.6. The van der Waals surface area contributed by atoms with Crippen LogP contribution >= 0.6 is 0 Å². The highest BCUT2D eigenvalue weighted by molar-refractivity contribution is 5.73. The Morgan fingerprint density at radius 2 is 1.41 bits per heavy atom. The smallest absolute Gasteiger partial charge is 0.475 e. The predicted molar refractivity (Wildman–Crippen MR) is 135 cm³/mol. The lowest BCUT2D eigenvalue weighted by Gasteiger charge is -2.35. The number of hydrogen-bond donors (Lipinski definition) is 3. The van der Waals surface area contributed by atoms with Crippen LogP contribution in [0.2, 0.25) is 0 Å². The number of carboxylic acids is 3. The minimum absolute atomic E-state index is 0.207. The molecule has 0 aliphatic carbocycles. The zero-order chi connectivity index (χ0) is 35.3. The number of aliphatic carboxylic acids is 3. The molecule has 0 radical (unpaired) electrons. The number of likely N-dealkylation sites (tertiary alicyclic amines) is 1. The number of rotatable bonds is 6. The fourth-order valence-corrected chi connectivity index (χ4v) is 3.91. The summed E-state index contributed by atoms with van der Waals surface area (Å²) in [4.78, 5) is 38.0. The molecule has 2 aliphatic heterocycles. The van der Waals surface area contributed by atoms with Crippen molar-refractivity contribution in [2.24, 2.45) is 7.05 Å². The molecule has 46 heavy (non-hydrogen) atoms. The van der Waals surface area contributed by atoms with Gasteiger partial charge >= 0.3 is 36.4 Å². The summed E-state index contributed by atoms with van der Waals surface area (Å²) in [6.45, 7) is 3.21. The van der Waals surface area contributed by atoms with Crippen LogP contribution in [0.25, 0.3) is 0 Å². The number of aromatic nitrogens is 3. The summed E-state index contributed by atoms with van der Waals surface area (Å²) in [5.41, 5.74) is 0.971. The van der Waals surface area contributed by atoms with Crippen LogP contribution in [0.5, 0.6) is 0 Å². The molecule has 4 rings (SSSR count). The van der Waals surface area contributed by atoms with Gasteiger partial charge in [-0.2, -0.15) is 39.5 Å². The van der Waals surface area contributed by atoms with Crippen LogP contribution in [0.4, 0.5) is 39.5 Å². The van der Waals surface area contributed by atoms with Crippen LogP contribution in [0, 0.1) is 0 Å². The van der Waals surface area contributed by atoms with Gasteiger partial charge in [-0.3, -0.25) is 9.88 Å². The number of fused-ring (bicyclic) bond motifs is 1. The molecule has 21 heteroatoms. The van der Waals surface area contributed by atoms with E-state index in [0.29, 0.717) is 25.4 Å². The van der Waals surface area contributed by atoms with E-state index in [9.17, 15) is 39.5 Å². The molecular formula is C25H29F9N4O8. The molecule has 2 aromatic heterocycles. The zero-order valence-corrected chi connectivity index (χ0v) is 23.7. The van der Waals surface area contributed by atoms with Gasteiger partial charge in [0.15, 0.2) is 0 Å². The molecule has 3 N–H and O–H groups in total. The molecule has 2 aliphatic rings. The number of pyridine rings is 1. The highest BCUT2D eigenvalue weighted by atomic mass is 19.4. The standard InChI is InChI=1S/C19H26N4O2.3C2HF3O2/c1-22-11-9-21-19(22)12-23-10-7-18-17(23)6-5-16(25-18)14-24-13-15-4-2-3-8-20-15;3*3-2(4,5)1(6)7/h2-4,8-9,11,16-18H,5-7,10,12-14H2,1H3;3*(H,6,7)/t16-,17+,18+;;;/m1.../s1. The summed E-state index contributed by atoms with van der Waals surface area (Å²) in [7, 11) is 2.06. The van der Waals surface area contributed by atoms with Gasteiger partial charge in [0.05, 0.1) is 37.7 Å². The molecule has 2 fully saturated rings. The third-order valence-corrected chi connectivity index (χ3v) is 6.02. The molecule has 2 saturated heterocycles. The van der Waals surface area contributed by atoms with Gasteiger partial charge in [0.1, 0.15) is 5.82 Å². The first kappa shape index (κ1) is 40.0. The fraction of sp³-hybridized carbons (Fsp3) is 0.560. The van der Waals surface area contributed by atoms with Crippen molar-refractivity contribution in [1.29, 1.82) is 0 Å². The predicted octanol–water partition coefficient (Wildman–Crippen LogP) is 4.05. The van der Waals surface area contributed by atoms with Crippen LogP contribution < -0.4 is 0 Å². The van der Waals surface area contributed by atoms with Crippen molar-refractivity contribution in [2.45, 2.75) is 69.2 Å². The van der Waals surface area contributed by atoms with Crippen LogP contribution in [0.1, 0.15) is 30.8 Å². The molecule has 0 saturated carbocycles. The highest BCUT2D eigenvalue weighted by Gasteiger charge is 2.41. The molecule has 3 atom stereocenters. The zero-order valence-electron chi connectivity index (χ0n) is 23.7. The average Bonchev–Trinajstić information content (AvgIpc) is 3.54. The number of carboxylic acid groups (broad SMARTS) is 3. The van der Waals surface area contributed by atoms with Gasteiger partial charge in [0, 0.05) is 38.2 Å². The normalized spacial score (nSPS) is 19.7. The van der Waals surface area contributed by atoms with Crippen molar-refractivity contribution < 1.29 is 78.7 Å². The minimum atomic E-state index is -5.08. The number of imidazole rings is 1. The Balaban J connectivity index is 0.000000413. The van der Waals surface area contributed by atoms with Crippen molar-refractivity contribution in [3.8, 4) is 0 Å². The van der Waals surface area contributed by atoms with Gasteiger partial charge in [0.2, 0.25) is 0 Å². The van der Waals surface area contributed by atoms with Crippen LogP contribution in [-0.4, -0.2) is 103 Å². The largest absolute Gasteiger partial charge is 0.490 e. The number of nitrogens with zero attached hydrogens (tertiary/aromatic N) is 4. The quantitative estimate of drug-likeness (QED) is 0.376. The molecular weight excluding hydrogens is 655 g/mol. The van der Waals surface area contributed by atoms with Crippen molar-refractivity contribution in [3.05, 3.63) is 48.3 Å². The maximum absolute atomic E-state index is 10.6. The third kappa shape index (κ3) is 14.9. The Hall–Kier alpha value is -3.98. The molecule has 260 valence electrons. The van der Waals surface area contributed by atoms with E-state index in [1.54, 1.807) is 6.20 Å². The Bertz CT molecular complexity index is 1180. The number of aryl methyl sites for hydroxylation is 1. The number of halogens is 9. The van der Waals surface area contributed by atoms with Gasteiger partial charge in [-0.05, 0) is 31.4 Å². The van der Waals surface area contributed by atoms with E-state index in [4.69, 9.17) is 39.2 Å². The van der Waals surface area contributed by atoms with Gasteiger partial charge < -0.3 is 29.4 Å². The van der Waals surface area contributed by atoms with Gasteiger partial charge in [-0.1, -0.05) is 6.07 Å². The lowest BCUT2D eigenvalue weighted by Crippen LogP contribution is -2.43. The van der Waals surface area contributed by atoms with E-state index < -0.39 is 36.4 Å². The average molecular weight is 685 g/mol. The maximum Gasteiger partial charge on any atom is 0.490 e. The summed E-state index contributed by atoms with van der Waals surface area (Å²) in [5.74, 6) is -7.14. The Morgan fingerprint density at radius 3 is 1.85 bits per heavy atom. The number of carbonyl (C=O) groups is 3. The molecule has 0 amide bonds.